The summed E-state index contributed by atoms with van der Waals surface area (Å²) in [6, 6.07) is 7.87. The lowest BCUT2D eigenvalue weighted by Crippen LogP contribution is -2.57. The van der Waals surface area contributed by atoms with Crippen LogP contribution in [0.4, 0.5) is 0 Å². The number of hydrogen-bond acceptors (Lipinski definition) is 4. The Hall–Kier alpha value is -1.40. The Balaban J connectivity index is 2.17. The second kappa shape index (κ2) is 7.23. The highest BCUT2D eigenvalue weighted by Gasteiger charge is 2.48. The van der Waals surface area contributed by atoms with E-state index >= 15 is 0 Å². The number of benzene rings is 1. The normalized spacial score (nSPS) is 19.0. The van der Waals surface area contributed by atoms with Gasteiger partial charge in [-0.05, 0) is 49.9 Å². The van der Waals surface area contributed by atoms with Gasteiger partial charge in [-0.2, -0.15) is 0 Å². The van der Waals surface area contributed by atoms with Gasteiger partial charge in [0, 0.05) is 6.26 Å². The highest BCUT2D eigenvalue weighted by Crippen LogP contribution is 2.29. The number of nitrogens with one attached hydrogen (secondary N) is 2. The van der Waals surface area contributed by atoms with Crippen molar-refractivity contribution < 1.29 is 13.2 Å². The Labute approximate surface area is 145 Å². The maximum Gasteiger partial charge on any atom is 0.242 e. The van der Waals surface area contributed by atoms with E-state index in [-0.39, 0.29) is 11.9 Å². The highest BCUT2D eigenvalue weighted by molar-refractivity contribution is 7.92. The van der Waals surface area contributed by atoms with E-state index in [9.17, 15) is 13.2 Å². The maximum absolute atomic E-state index is 12.8. The fourth-order valence-electron chi connectivity index (χ4n) is 3.18. The molecule has 6 heteroatoms. The molecule has 1 fully saturated rings. The van der Waals surface area contributed by atoms with Crippen LogP contribution in [-0.2, 0) is 14.6 Å². The van der Waals surface area contributed by atoms with Crippen LogP contribution in [0, 0.1) is 0 Å². The number of amides is 1. The zero-order valence-electron chi connectivity index (χ0n) is 14.9. The van der Waals surface area contributed by atoms with Gasteiger partial charge in [-0.1, -0.05) is 38.1 Å². The summed E-state index contributed by atoms with van der Waals surface area (Å²) < 4.78 is 23.3. The van der Waals surface area contributed by atoms with E-state index in [1.807, 2.05) is 19.1 Å². The number of carbonyl (C=O) groups is 1. The van der Waals surface area contributed by atoms with Crippen molar-refractivity contribution in [2.24, 2.45) is 0 Å². The van der Waals surface area contributed by atoms with E-state index in [4.69, 9.17) is 0 Å². The fourth-order valence-corrected chi connectivity index (χ4v) is 4.52. The Bertz CT molecular complexity index is 675. The molecule has 1 heterocycles. The lowest BCUT2D eigenvalue weighted by molar-refractivity contribution is -0.125. The van der Waals surface area contributed by atoms with Gasteiger partial charge in [0.15, 0.2) is 14.6 Å². The predicted octanol–water partition coefficient (Wildman–Crippen LogP) is 2.15. The van der Waals surface area contributed by atoms with Crippen molar-refractivity contribution in [1.82, 2.24) is 10.6 Å². The molecule has 1 aromatic carbocycles. The quantitative estimate of drug-likeness (QED) is 0.851. The van der Waals surface area contributed by atoms with Crippen LogP contribution < -0.4 is 10.6 Å². The Morgan fingerprint density at radius 3 is 2.04 bits per heavy atom. The van der Waals surface area contributed by atoms with Crippen LogP contribution in [0.25, 0.3) is 0 Å². The molecule has 0 radical (unpaired) electrons. The third kappa shape index (κ3) is 3.81. The summed E-state index contributed by atoms with van der Waals surface area (Å²) in [5.41, 5.74) is 2.22. The summed E-state index contributed by atoms with van der Waals surface area (Å²) in [5.74, 6) is 0.0686. The van der Waals surface area contributed by atoms with Gasteiger partial charge in [0.1, 0.15) is 0 Å². The van der Waals surface area contributed by atoms with Crippen LogP contribution in [0.3, 0.4) is 0 Å². The second-order valence-electron chi connectivity index (χ2n) is 7.03. The van der Waals surface area contributed by atoms with Gasteiger partial charge in [-0.3, -0.25) is 4.79 Å². The molecule has 0 spiro atoms. The zero-order chi connectivity index (χ0) is 18.0. The first-order valence-electron chi connectivity index (χ1n) is 8.48. The molecule has 134 valence electrons. The highest BCUT2D eigenvalue weighted by atomic mass is 32.2. The molecule has 0 aromatic heterocycles. The van der Waals surface area contributed by atoms with Crippen molar-refractivity contribution in [2.45, 2.75) is 50.3 Å². The van der Waals surface area contributed by atoms with Crippen molar-refractivity contribution in [2.75, 3.05) is 19.3 Å². The van der Waals surface area contributed by atoms with E-state index in [0.29, 0.717) is 31.8 Å². The van der Waals surface area contributed by atoms with Crippen LogP contribution in [0.15, 0.2) is 24.3 Å². The van der Waals surface area contributed by atoms with Crippen molar-refractivity contribution in [1.29, 1.82) is 0 Å². The third-order valence-corrected chi connectivity index (χ3v) is 7.00. The van der Waals surface area contributed by atoms with Gasteiger partial charge >= 0.3 is 0 Å². The van der Waals surface area contributed by atoms with Gasteiger partial charge in [-0.15, -0.1) is 0 Å². The molecule has 1 aromatic rings. The summed E-state index contributed by atoms with van der Waals surface area (Å²) >= 11 is 0. The molecule has 1 saturated heterocycles. The summed E-state index contributed by atoms with van der Waals surface area (Å²) in [7, 11) is -3.48. The first-order chi connectivity index (χ1) is 11.2. The van der Waals surface area contributed by atoms with Crippen LogP contribution in [-0.4, -0.2) is 38.4 Å². The minimum Gasteiger partial charge on any atom is -0.348 e. The molecule has 0 bridgehead atoms. The Morgan fingerprint density at radius 2 is 1.58 bits per heavy atom. The Morgan fingerprint density at radius 1 is 1.08 bits per heavy atom. The van der Waals surface area contributed by atoms with Crippen molar-refractivity contribution in [3.8, 4) is 0 Å². The second-order valence-corrected chi connectivity index (χ2v) is 9.36. The van der Waals surface area contributed by atoms with E-state index in [0.717, 1.165) is 5.56 Å². The van der Waals surface area contributed by atoms with Gasteiger partial charge < -0.3 is 10.6 Å². The smallest absolute Gasteiger partial charge is 0.242 e. The number of piperidine rings is 1. The molecule has 1 unspecified atom stereocenters. The average molecular weight is 353 g/mol. The van der Waals surface area contributed by atoms with Crippen LogP contribution in [0.2, 0.25) is 0 Å². The minimum absolute atomic E-state index is 0.229. The average Bonchev–Trinajstić information content (AvgIpc) is 2.54. The van der Waals surface area contributed by atoms with Crippen LogP contribution in [0.1, 0.15) is 56.7 Å². The fraction of sp³-hybridized carbons (Fsp3) is 0.611. The molecule has 0 saturated carbocycles. The molecule has 2 rings (SSSR count). The number of carbonyl (C=O) groups excluding carboxylic acids is 1. The summed E-state index contributed by atoms with van der Waals surface area (Å²) in [4.78, 5) is 12.8. The van der Waals surface area contributed by atoms with Crippen LogP contribution in [0.5, 0.6) is 0 Å². The molecule has 0 aliphatic carbocycles. The van der Waals surface area contributed by atoms with Crippen LogP contribution >= 0.6 is 0 Å². The molecule has 1 aliphatic rings. The topological polar surface area (TPSA) is 75.3 Å². The van der Waals surface area contributed by atoms with Gasteiger partial charge in [0.2, 0.25) is 5.91 Å². The van der Waals surface area contributed by atoms with Crippen molar-refractivity contribution >= 4 is 15.7 Å². The lowest BCUT2D eigenvalue weighted by atomic mass is 9.94. The van der Waals surface area contributed by atoms with Gasteiger partial charge in [0.05, 0.1) is 6.04 Å². The summed E-state index contributed by atoms with van der Waals surface area (Å²) in [5, 5.41) is 6.04. The zero-order valence-corrected chi connectivity index (χ0v) is 15.7. The SMILES string of the molecule is CC(C)c1ccc(C(C)NC(=O)C2(S(C)(=O)=O)CCNCC2)cc1. The minimum atomic E-state index is -3.48. The summed E-state index contributed by atoms with van der Waals surface area (Å²) in [6.07, 6.45) is 1.80. The third-order valence-electron chi connectivity index (χ3n) is 4.99. The first kappa shape index (κ1) is 18.9. The summed E-state index contributed by atoms with van der Waals surface area (Å²) in [6.45, 7) is 7.23. The standard InChI is InChI=1S/C18H28N2O3S/c1-13(2)15-5-7-16(8-6-15)14(3)20-17(21)18(24(4,22)23)9-11-19-12-10-18/h5-8,13-14,19H,9-12H2,1-4H3,(H,20,21). The predicted molar refractivity (Wildman–Crippen MR) is 96.8 cm³/mol. The molecule has 24 heavy (non-hydrogen) atoms. The van der Waals surface area contributed by atoms with Crippen molar-refractivity contribution in [3.63, 3.8) is 0 Å². The Kier molecular flexibility index (Phi) is 5.71. The van der Waals surface area contributed by atoms with E-state index in [2.05, 4.69) is 36.6 Å². The van der Waals surface area contributed by atoms with E-state index in [1.165, 1.54) is 11.8 Å². The molecule has 2 N–H and O–H groups in total. The molecular weight excluding hydrogens is 324 g/mol. The van der Waals surface area contributed by atoms with Gasteiger partial charge in [-0.25, -0.2) is 8.42 Å². The molecule has 1 amide bonds. The largest absolute Gasteiger partial charge is 0.348 e. The maximum atomic E-state index is 12.8. The van der Waals surface area contributed by atoms with E-state index < -0.39 is 14.6 Å². The number of sulfone groups is 1. The van der Waals surface area contributed by atoms with E-state index in [1.54, 1.807) is 0 Å². The lowest BCUT2D eigenvalue weighted by Gasteiger charge is -2.35. The first-order valence-corrected chi connectivity index (χ1v) is 10.4. The molecule has 5 nitrogen and oxygen atoms in total. The molecule has 1 atom stereocenters. The van der Waals surface area contributed by atoms with Gasteiger partial charge in [0.25, 0.3) is 0 Å². The monoisotopic (exact) mass is 352 g/mol. The molecule has 1 aliphatic heterocycles. The van der Waals surface area contributed by atoms with Crippen molar-refractivity contribution in [3.05, 3.63) is 35.4 Å². The molecular formula is C18H28N2O3S. The number of rotatable bonds is 5. The number of hydrogen-bond donors (Lipinski definition) is 2.